The monoisotopic (exact) mass is 343 g/mol. The van der Waals surface area contributed by atoms with Crippen molar-refractivity contribution in [2.45, 2.75) is 51.2 Å². The van der Waals surface area contributed by atoms with Gasteiger partial charge in [0.15, 0.2) is 0 Å². The van der Waals surface area contributed by atoms with Crippen LogP contribution in [0.5, 0.6) is 0 Å². The van der Waals surface area contributed by atoms with Gasteiger partial charge in [0.05, 0.1) is 0 Å². The minimum Gasteiger partial charge on any atom is -0.371 e. The lowest BCUT2D eigenvalue weighted by Crippen LogP contribution is -2.40. The van der Waals surface area contributed by atoms with Crippen LogP contribution in [0.1, 0.15) is 34.6 Å². The zero-order valence-electron chi connectivity index (χ0n) is 14.4. The molecule has 1 amide bonds. The molecule has 1 atom stereocenters. The summed E-state index contributed by atoms with van der Waals surface area (Å²) in [4.78, 5) is 16.1. The third-order valence-corrected chi connectivity index (χ3v) is 4.60. The van der Waals surface area contributed by atoms with Gasteiger partial charge in [-0.1, -0.05) is 13.8 Å². The molecule has 7 nitrogen and oxygen atoms in total. The quantitative estimate of drug-likeness (QED) is 0.820. The molecule has 0 radical (unpaired) electrons. The molecule has 1 aromatic heterocycles. The van der Waals surface area contributed by atoms with Gasteiger partial charge in [-0.25, -0.2) is 18.1 Å². The van der Waals surface area contributed by atoms with E-state index in [1.54, 1.807) is 20.8 Å². The van der Waals surface area contributed by atoms with Crippen molar-refractivity contribution >= 4 is 21.7 Å². The molecule has 8 heteroatoms. The van der Waals surface area contributed by atoms with Gasteiger partial charge < -0.3 is 10.1 Å². The van der Waals surface area contributed by atoms with E-state index in [9.17, 15) is 13.2 Å². The maximum Gasteiger partial charge on any atom is 0.254 e. The summed E-state index contributed by atoms with van der Waals surface area (Å²) in [5.74, 6) is -0.0403. The van der Waals surface area contributed by atoms with E-state index in [2.05, 4.69) is 15.0 Å². The predicted octanol–water partition coefficient (Wildman–Crippen LogP) is 1.77. The Morgan fingerprint density at radius 1 is 1.26 bits per heavy atom. The van der Waals surface area contributed by atoms with Gasteiger partial charge >= 0.3 is 0 Å². The highest BCUT2D eigenvalue weighted by Gasteiger charge is 2.24. The number of nitrogens with one attached hydrogen (secondary N) is 2. The molecule has 23 heavy (non-hydrogen) atoms. The first kappa shape index (κ1) is 19.5. The van der Waals surface area contributed by atoms with Crippen LogP contribution in [-0.4, -0.2) is 38.1 Å². The van der Waals surface area contributed by atoms with Crippen LogP contribution >= 0.6 is 0 Å². The van der Waals surface area contributed by atoms with E-state index in [-0.39, 0.29) is 22.5 Å². The Kier molecular flexibility index (Phi) is 6.26. The van der Waals surface area contributed by atoms with Crippen molar-refractivity contribution in [3.8, 4) is 0 Å². The van der Waals surface area contributed by atoms with E-state index in [0.717, 1.165) is 0 Å². The highest BCUT2D eigenvalue weighted by molar-refractivity contribution is 7.89. The number of anilines is 1. The number of nitrogens with zero attached hydrogens (tertiary/aromatic N) is 1. The summed E-state index contributed by atoms with van der Waals surface area (Å²) in [7, 11) is -2.18. The highest BCUT2D eigenvalue weighted by Crippen LogP contribution is 2.15. The van der Waals surface area contributed by atoms with Crippen molar-refractivity contribution < 1.29 is 17.9 Å². The topological polar surface area (TPSA) is 97.4 Å². The van der Waals surface area contributed by atoms with Gasteiger partial charge in [-0.3, -0.25) is 4.79 Å². The molecule has 0 spiro atoms. The second-order valence-electron chi connectivity index (χ2n) is 6.62. The lowest BCUT2D eigenvalue weighted by atomic mass is 10.1. The number of carbonyl (C=O) groups is 1. The Morgan fingerprint density at radius 3 is 2.26 bits per heavy atom. The summed E-state index contributed by atoms with van der Waals surface area (Å²) in [5.41, 5.74) is -0.589. The number of hydrogen-bond acceptors (Lipinski definition) is 5. The summed E-state index contributed by atoms with van der Waals surface area (Å²) in [6, 6.07) is 2.84. The van der Waals surface area contributed by atoms with Crippen LogP contribution < -0.4 is 10.0 Å². The zero-order valence-corrected chi connectivity index (χ0v) is 15.2. The van der Waals surface area contributed by atoms with Crippen LogP contribution in [0.2, 0.25) is 0 Å². The molecule has 0 aliphatic heterocycles. The van der Waals surface area contributed by atoms with Gasteiger partial charge in [-0.15, -0.1) is 0 Å². The number of amides is 1. The van der Waals surface area contributed by atoms with Crippen molar-refractivity contribution in [3.05, 3.63) is 18.3 Å². The van der Waals surface area contributed by atoms with E-state index in [0.29, 0.717) is 0 Å². The van der Waals surface area contributed by atoms with E-state index in [4.69, 9.17) is 4.74 Å². The SMILES string of the molecule is COC(C(=O)Nc1ccc(S(=O)(=O)NC(C)(C)C)cn1)C(C)C. The summed E-state index contributed by atoms with van der Waals surface area (Å²) in [6.07, 6.45) is 0.615. The van der Waals surface area contributed by atoms with E-state index >= 15 is 0 Å². The van der Waals surface area contributed by atoms with Gasteiger partial charge in [0.1, 0.15) is 16.8 Å². The average Bonchev–Trinajstić information content (AvgIpc) is 2.36. The van der Waals surface area contributed by atoms with Crippen LogP contribution in [0.3, 0.4) is 0 Å². The average molecular weight is 343 g/mol. The van der Waals surface area contributed by atoms with E-state index in [1.807, 2.05) is 13.8 Å². The fourth-order valence-corrected chi connectivity index (χ4v) is 3.32. The molecular weight excluding hydrogens is 318 g/mol. The molecule has 1 rings (SSSR count). The largest absolute Gasteiger partial charge is 0.371 e. The summed E-state index contributed by atoms with van der Waals surface area (Å²) in [5, 5.41) is 2.61. The lowest BCUT2D eigenvalue weighted by Gasteiger charge is -2.20. The van der Waals surface area contributed by atoms with Crippen molar-refractivity contribution in [2.75, 3.05) is 12.4 Å². The van der Waals surface area contributed by atoms with Crippen LogP contribution in [-0.2, 0) is 19.6 Å². The number of rotatable bonds is 6. The standard InChI is InChI=1S/C15H25N3O4S/c1-10(2)13(22-6)14(19)17-12-8-7-11(9-16-12)23(20,21)18-15(3,4)5/h7-10,13,18H,1-6H3,(H,16,17,19). The van der Waals surface area contributed by atoms with Crippen molar-refractivity contribution in [2.24, 2.45) is 5.92 Å². The molecule has 2 N–H and O–H groups in total. The molecule has 1 heterocycles. The molecule has 0 fully saturated rings. The van der Waals surface area contributed by atoms with Crippen LogP contribution in [0, 0.1) is 5.92 Å². The first-order valence-corrected chi connectivity index (χ1v) is 8.78. The number of carbonyl (C=O) groups excluding carboxylic acids is 1. The minimum atomic E-state index is -3.65. The maximum absolute atomic E-state index is 12.2. The van der Waals surface area contributed by atoms with Gasteiger partial charge in [-0.05, 0) is 38.8 Å². The number of methoxy groups -OCH3 is 1. The van der Waals surface area contributed by atoms with Crippen LogP contribution in [0.4, 0.5) is 5.82 Å². The van der Waals surface area contributed by atoms with Crippen LogP contribution in [0.15, 0.2) is 23.2 Å². The van der Waals surface area contributed by atoms with Crippen molar-refractivity contribution in [1.29, 1.82) is 0 Å². The molecule has 0 aliphatic carbocycles. The predicted molar refractivity (Wildman–Crippen MR) is 88.6 cm³/mol. The highest BCUT2D eigenvalue weighted by atomic mass is 32.2. The van der Waals surface area contributed by atoms with Crippen LogP contribution in [0.25, 0.3) is 0 Å². The Morgan fingerprint density at radius 2 is 1.87 bits per heavy atom. The third-order valence-electron chi connectivity index (χ3n) is 2.86. The lowest BCUT2D eigenvalue weighted by molar-refractivity contribution is -0.128. The number of ether oxygens (including phenoxy) is 1. The van der Waals surface area contributed by atoms with Crippen molar-refractivity contribution in [1.82, 2.24) is 9.71 Å². The molecule has 0 saturated heterocycles. The Bertz CT molecular complexity index is 634. The molecular formula is C15H25N3O4S. The molecule has 0 aromatic carbocycles. The summed E-state index contributed by atoms with van der Waals surface area (Å²) >= 11 is 0. The fraction of sp³-hybridized carbons (Fsp3) is 0.600. The zero-order chi connectivity index (χ0) is 17.8. The molecule has 1 unspecified atom stereocenters. The summed E-state index contributed by atoms with van der Waals surface area (Å²) < 4.78 is 32.0. The molecule has 0 aliphatic rings. The van der Waals surface area contributed by atoms with Gasteiger partial charge in [0.2, 0.25) is 10.0 Å². The molecule has 1 aromatic rings. The maximum atomic E-state index is 12.2. The number of aromatic nitrogens is 1. The Hall–Kier alpha value is -1.51. The molecule has 0 bridgehead atoms. The van der Waals surface area contributed by atoms with E-state index in [1.165, 1.54) is 25.4 Å². The van der Waals surface area contributed by atoms with Crippen molar-refractivity contribution in [3.63, 3.8) is 0 Å². The normalized spacial score (nSPS) is 13.9. The first-order valence-electron chi connectivity index (χ1n) is 7.30. The van der Waals surface area contributed by atoms with Gasteiger partial charge in [-0.2, -0.15) is 0 Å². The second-order valence-corrected chi connectivity index (χ2v) is 8.31. The van der Waals surface area contributed by atoms with Gasteiger partial charge in [0.25, 0.3) is 5.91 Å². The molecule has 130 valence electrons. The third kappa shape index (κ3) is 5.89. The minimum absolute atomic E-state index is 0.00985. The number of pyridine rings is 1. The Labute approximate surface area is 137 Å². The first-order chi connectivity index (χ1) is 10.5. The number of sulfonamides is 1. The second kappa shape index (κ2) is 7.37. The summed E-state index contributed by atoms with van der Waals surface area (Å²) in [6.45, 7) is 9.00. The fourth-order valence-electron chi connectivity index (χ4n) is 1.95. The smallest absolute Gasteiger partial charge is 0.254 e. The van der Waals surface area contributed by atoms with E-state index < -0.39 is 21.7 Å². The Balaban J connectivity index is 2.87. The number of hydrogen-bond donors (Lipinski definition) is 2. The molecule has 0 saturated carbocycles. The van der Waals surface area contributed by atoms with Gasteiger partial charge in [0, 0.05) is 18.8 Å².